The zero-order valence-corrected chi connectivity index (χ0v) is 11.3. The quantitative estimate of drug-likeness (QED) is 0.627. The molecule has 1 heterocycles. The molecule has 84 valence electrons. The second-order valence-corrected chi connectivity index (χ2v) is 4.54. The Bertz CT molecular complexity index is 506. The number of rotatable bonds is 2. The van der Waals surface area contributed by atoms with E-state index in [1.807, 2.05) is 42.8 Å². The average Bonchev–Trinajstić information content (AvgIpc) is 2.53. The number of halogens is 1. The molecule has 0 bridgehead atoms. The summed E-state index contributed by atoms with van der Waals surface area (Å²) in [4.78, 5) is 11.8. The maximum absolute atomic E-state index is 11.8. The Balaban J connectivity index is 2.66. The van der Waals surface area contributed by atoms with E-state index in [2.05, 4.69) is 22.6 Å². The van der Waals surface area contributed by atoms with E-state index in [1.54, 1.807) is 0 Å². The Morgan fingerprint density at radius 1 is 1.44 bits per heavy atom. The molecule has 16 heavy (non-hydrogen) atoms. The molecule has 0 atom stereocenters. The minimum atomic E-state index is -0.259. The molecule has 0 amide bonds. The smallest absolute Gasteiger partial charge is 0.356 e. The SMILES string of the molecule is CCOC(=O)c1c(I)c2ccccc2n1C. The fraction of sp³-hybridized carbons (Fsp3) is 0.250. The van der Waals surface area contributed by atoms with Crippen molar-refractivity contribution in [1.82, 2.24) is 4.57 Å². The van der Waals surface area contributed by atoms with Crippen LogP contribution in [0.4, 0.5) is 0 Å². The Labute approximate surface area is 108 Å². The minimum absolute atomic E-state index is 0.259. The normalized spacial score (nSPS) is 10.7. The first kappa shape index (κ1) is 11.4. The predicted octanol–water partition coefficient (Wildman–Crippen LogP) is 2.96. The number of fused-ring (bicyclic) bond motifs is 1. The van der Waals surface area contributed by atoms with Crippen LogP contribution in [0.3, 0.4) is 0 Å². The van der Waals surface area contributed by atoms with Gasteiger partial charge in [-0.15, -0.1) is 0 Å². The van der Waals surface area contributed by atoms with Crippen molar-refractivity contribution in [3.05, 3.63) is 33.5 Å². The van der Waals surface area contributed by atoms with Gasteiger partial charge in [0.05, 0.1) is 10.2 Å². The number of hydrogen-bond acceptors (Lipinski definition) is 2. The van der Waals surface area contributed by atoms with Crippen molar-refractivity contribution in [2.75, 3.05) is 6.61 Å². The van der Waals surface area contributed by atoms with Crippen molar-refractivity contribution < 1.29 is 9.53 Å². The molecule has 0 saturated heterocycles. The summed E-state index contributed by atoms with van der Waals surface area (Å²) >= 11 is 2.19. The highest BCUT2D eigenvalue weighted by molar-refractivity contribution is 14.1. The van der Waals surface area contributed by atoms with E-state index < -0.39 is 0 Å². The molecule has 0 unspecified atom stereocenters. The molecule has 1 aromatic heterocycles. The summed E-state index contributed by atoms with van der Waals surface area (Å²) in [5.74, 6) is -0.259. The van der Waals surface area contributed by atoms with Gasteiger partial charge in [-0.25, -0.2) is 4.79 Å². The lowest BCUT2D eigenvalue weighted by molar-refractivity contribution is 0.0514. The Morgan fingerprint density at radius 2 is 2.12 bits per heavy atom. The van der Waals surface area contributed by atoms with Gasteiger partial charge in [0.15, 0.2) is 0 Å². The van der Waals surface area contributed by atoms with Crippen molar-refractivity contribution in [1.29, 1.82) is 0 Å². The Kier molecular flexibility index (Phi) is 3.18. The zero-order chi connectivity index (χ0) is 11.7. The van der Waals surface area contributed by atoms with Crippen LogP contribution in [0.1, 0.15) is 17.4 Å². The van der Waals surface area contributed by atoms with Gasteiger partial charge in [0.1, 0.15) is 5.69 Å². The number of hydrogen-bond donors (Lipinski definition) is 0. The molecule has 0 saturated carbocycles. The van der Waals surface area contributed by atoms with Crippen LogP contribution in [-0.2, 0) is 11.8 Å². The van der Waals surface area contributed by atoms with Gasteiger partial charge in [-0.1, -0.05) is 18.2 Å². The third kappa shape index (κ3) is 1.71. The van der Waals surface area contributed by atoms with Crippen molar-refractivity contribution in [2.24, 2.45) is 7.05 Å². The van der Waals surface area contributed by atoms with E-state index in [0.717, 1.165) is 14.5 Å². The monoisotopic (exact) mass is 329 g/mol. The van der Waals surface area contributed by atoms with Crippen LogP contribution in [-0.4, -0.2) is 17.1 Å². The molecule has 0 aliphatic heterocycles. The van der Waals surface area contributed by atoms with Gasteiger partial charge in [0.2, 0.25) is 0 Å². The molecule has 1 aromatic carbocycles. The van der Waals surface area contributed by atoms with Crippen molar-refractivity contribution in [3.63, 3.8) is 0 Å². The van der Waals surface area contributed by atoms with Gasteiger partial charge >= 0.3 is 5.97 Å². The third-order valence-electron chi connectivity index (χ3n) is 2.51. The first-order valence-corrected chi connectivity index (χ1v) is 6.14. The summed E-state index contributed by atoms with van der Waals surface area (Å²) in [7, 11) is 1.89. The summed E-state index contributed by atoms with van der Waals surface area (Å²) in [6.45, 7) is 2.21. The van der Waals surface area contributed by atoms with E-state index >= 15 is 0 Å². The molecule has 3 nitrogen and oxygen atoms in total. The van der Waals surface area contributed by atoms with Crippen LogP contribution in [0.15, 0.2) is 24.3 Å². The first-order valence-electron chi connectivity index (χ1n) is 5.06. The lowest BCUT2D eigenvalue weighted by atomic mass is 10.2. The largest absolute Gasteiger partial charge is 0.461 e. The van der Waals surface area contributed by atoms with E-state index in [-0.39, 0.29) is 5.97 Å². The molecular weight excluding hydrogens is 317 g/mol. The highest BCUT2D eigenvalue weighted by atomic mass is 127. The molecule has 0 spiro atoms. The number of nitrogens with zero attached hydrogens (tertiary/aromatic N) is 1. The van der Waals surface area contributed by atoms with E-state index in [0.29, 0.717) is 12.3 Å². The highest BCUT2D eigenvalue weighted by Crippen LogP contribution is 2.27. The molecule has 0 radical (unpaired) electrons. The maximum atomic E-state index is 11.8. The average molecular weight is 329 g/mol. The predicted molar refractivity (Wildman–Crippen MR) is 71.6 cm³/mol. The summed E-state index contributed by atoms with van der Waals surface area (Å²) in [5, 5.41) is 1.09. The minimum Gasteiger partial charge on any atom is -0.461 e. The van der Waals surface area contributed by atoms with Crippen LogP contribution in [0.5, 0.6) is 0 Å². The van der Waals surface area contributed by atoms with Crippen molar-refractivity contribution in [2.45, 2.75) is 6.92 Å². The Hall–Kier alpha value is -1.04. The van der Waals surface area contributed by atoms with Gasteiger partial charge in [0.25, 0.3) is 0 Å². The van der Waals surface area contributed by atoms with E-state index in [4.69, 9.17) is 4.74 Å². The molecule has 0 aliphatic carbocycles. The van der Waals surface area contributed by atoms with Gasteiger partial charge in [-0.2, -0.15) is 0 Å². The van der Waals surface area contributed by atoms with Crippen LogP contribution in [0.25, 0.3) is 10.9 Å². The number of carbonyl (C=O) groups is 1. The van der Waals surface area contributed by atoms with Crippen LogP contribution < -0.4 is 0 Å². The van der Waals surface area contributed by atoms with Crippen LogP contribution >= 0.6 is 22.6 Å². The number of aryl methyl sites for hydroxylation is 1. The number of para-hydroxylation sites is 1. The number of esters is 1. The van der Waals surface area contributed by atoms with E-state index in [1.165, 1.54) is 0 Å². The molecule has 0 fully saturated rings. The number of benzene rings is 1. The maximum Gasteiger partial charge on any atom is 0.356 e. The lowest BCUT2D eigenvalue weighted by Gasteiger charge is -2.03. The second kappa shape index (κ2) is 4.45. The van der Waals surface area contributed by atoms with Crippen molar-refractivity contribution >= 4 is 39.5 Å². The summed E-state index contributed by atoms with van der Waals surface area (Å²) in [6, 6.07) is 7.95. The topological polar surface area (TPSA) is 31.2 Å². The van der Waals surface area contributed by atoms with Crippen LogP contribution in [0, 0.1) is 3.57 Å². The van der Waals surface area contributed by atoms with Crippen LogP contribution in [0.2, 0.25) is 0 Å². The number of aromatic nitrogens is 1. The molecular formula is C12H12INO2. The lowest BCUT2D eigenvalue weighted by Crippen LogP contribution is -2.11. The molecule has 4 heteroatoms. The molecule has 2 rings (SSSR count). The molecule has 0 N–H and O–H groups in total. The fourth-order valence-corrected chi connectivity index (χ4v) is 2.81. The summed E-state index contributed by atoms with van der Waals surface area (Å²) < 4.78 is 7.89. The first-order chi connectivity index (χ1) is 7.66. The third-order valence-corrected chi connectivity index (χ3v) is 3.61. The van der Waals surface area contributed by atoms with E-state index in [9.17, 15) is 4.79 Å². The molecule has 0 aliphatic rings. The zero-order valence-electron chi connectivity index (χ0n) is 9.16. The van der Waals surface area contributed by atoms with Gasteiger partial charge in [-0.05, 0) is 35.6 Å². The summed E-state index contributed by atoms with van der Waals surface area (Å²) in [5.41, 5.74) is 1.68. The van der Waals surface area contributed by atoms with Gasteiger partial charge in [0, 0.05) is 18.0 Å². The number of carbonyl (C=O) groups excluding carboxylic acids is 1. The molecule has 2 aromatic rings. The fourth-order valence-electron chi connectivity index (χ4n) is 1.77. The Morgan fingerprint density at radius 3 is 2.75 bits per heavy atom. The highest BCUT2D eigenvalue weighted by Gasteiger charge is 2.19. The number of ether oxygens (including phenoxy) is 1. The second-order valence-electron chi connectivity index (χ2n) is 3.46. The van der Waals surface area contributed by atoms with Gasteiger partial charge in [-0.3, -0.25) is 0 Å². The standard InChI is InChI=1S/C12H12INO2/c1-3-16-12(15)11-10(13)8-6-4-5-7-9(8)14(11)2/h4-7H,3H2,1-2H3. The van der Waals surface area contributed by atoms with Crippen molar-refractivity contribution in [3.8, 4) is 0 Å². The summed E-state index contributed by atoms with van der Waals surface area (Å²) in [6.07, 6.45) is 0. The van der Waals surface area contributed by atoms with Gasteiger partial charge < -0.3 is 9.30 Å².